The molecule has 0 radical (unpaired) electrons. The molecule has 0 bridgehead atoms. The van der Waals surface area contributed by atoms with Gasteiger partial charge in [0, 0.05) is 5.56 Å². The van der Waals surface area contributed by atoms with E-state index in [-0.39, 0.29) is 5.75 Å². The molecule has 4 nitrogen and oxygen atoms in total. The fourth-order valence-corrected chi connectivity index (χ4v) is 1.92. The Balaban J connectivity index is 2.26. The molecule has 0 saturated heterocycles. The van der Waals surface area contributed by atoms with Crippen LogP contribution in [0.5, 0.6) is 11.5 Å². The van der Waals surface area contributed by atoms with Gasteiger partial charge < -0.3 is 15.1 Å². The molecule has 21 heavy (non-hydrogen) atoms. The van der Waals surface area contributed by atoms with Crippen molar-refractivity contribution >= 4 is 11.8 Å². The summed E-state index contributed by atoms with van der Waals surface area (Å²) in [6.07, 6.45) is 3.45. The van der Waals surface area contributed by atoms with Crippen LogP contribution in [0.25, 0.3) is 6.08 Å². The highest BCUT2D eigenvalue weighted by molar-refractivity contribution is 6.12. The second kappa shape index (κ2) is 6.61. The van der Waals surface area contributed by atoms with Crippen molar-refractivity contribution in [3.8, 4) is 11.5 Å². The van der Waals surface area contributed by atoms with Crippen LogP contribution in [0.4, 0.5) is 0 Å². The summed E-state index contributed by atoms with van der Waals surface area (Å²) in [7, 11) is 1.61. The van der Waals surface area contributed by atoms with E-state index in [9.17, 15) is 5.11 Å². The lowest BCUT2D eigenvalue weighted by molar-refractivity contribution is 0.319. The van der Waals surface area contributed by atoms with Crippen molar-refractivity contribution in [3.05, 3.63) is 65.2 Å². The molecule has 0 atom stereocenters. The van der Waals surface area contributed by atoms with E-state index in [2.05, 4.69) is 5.16 Å². The highest BCUT2D eigenvalue weighted by atomic mass is 16.5. The topological polar surface area (TPSA) is 62.0 Å². The van der Waals surface area contributed by atoms with Crippen LogP contribution in [-0.2, 0) is 0 Å². The first kappa shape index (κ1) is 14.7. The van der Waals surface area contributed by atoms with Gasteiger partial charge in [0.1, 0.15) is 17.2 Å². The summed E-state index contributed by atoms with van der Waals surface area (Å²) in [4.78, 5) is 0. The Bertz CT molecular complexity index is 673. The molecule has 0 aliphatic carbocycles. The average molecular weight is 283 g/mol. The van der Waals surface area contributed by atoms with Crippen LogP contribution in [0.1, 0.15) is 16.7 Å². The number of hydrogen-bond donors (Lipinski definition) is 2. The lowest BCUT2D eigenvalue weighted by Gasteiger charge is -2.04. The van der Waals surface area contributed by atoms with Gasteiger partial charge in [0.05, 0.1) is 7.11 Å². The largest absolute Gasteiger partial charge is 0.507 e. The lowest BCUT2D eigenvalue weighted by atomic mass is 10.0. The Kier molecular flexibility index (Phi) is 4.61. The van der Waals surface area contributed by atoms with Crippen molar-refractivity contribution in [2.24, 2.45) is 5.16 Å². The van der Waals surface area contributed by atoms with Gasteiger partial charge in [-0.3, -0.25) is 0 Å². The number of methoxy groups -OCH3 is 1. The molecule has 2 aromatic carbocycles. The summed E-state index contributed by atoms with van der Waals surface area (Å²) in [6.45, 7) is 1.91. The Labute approximate surface area is 123 Å². The zero-order chi connectivity index (χ0) is 15.2. The zero-order valence-corrected chi connectivity index (χ0v) is 11.9. The van der Waals surface area contributed by atoms with Gasteiger partial charge in [-0.1, -0.05) is 35.0 Å². The summed E-state index contributed by atoms with van der Waals surface area (Å²) >= 11 is 0. The van der Waals surface area contributed by atoms with E-state index in [1.807, 2.05) is 31.2 Å². The fraction of sp³-hybridized carbons (Fsp3) is 0.118. The van der Waals surface area contributed by atoms with Crippen LogP contribution in [0.15, 0.2) is 53.7 Å². The van der Waals surface area contributed by atoms with Crippen LogP contribution in [0.2, 0.25) is 0 Å². The van der Waals surface area contributed by atoms with Gasteiger partial charge in [0.2, 0.25) is 0 Å². The quantitative estimate of drug-likeness (QED) is 0.512. The summed E-state index contributed by atoms with van der Waals surface area (Å²) in [5, 5.41) is 22.3. The van der Waals surface area contributed by atoms with Crippen molar-refractivity contribution < 1.29 is 15.1 Å². The Morgan fingerprint density at radius 3 is 2.48 bits per heavy atom. The molecular weight excluding hydrogens is 266 g/mol. The minimum atomic E-state index is 0.0766. The van der Waals surface area contributed by atoms with E-state index in [0.29, 0.717) is 11.3 Å². The number of benzene rings is 2. The van der Waals surface area contributed by atoms with Crippen molar-refractivity contribution in [3.63, 3.8) is 0 Å². The van der Waals surface area contributed by atoms with Gasteiger partial charge in [-0.15, -0.1) is 0 Å². The second-order valence-corrected chi connectivity index (χ2v) is 4.61. The minimum absolute atomic E-state index is 0.0766. The predicted molar refractivity (Wildman–Crippen MR) is 83.2 cm³/mol. The highest BCUT2D eigenvalue weighted by Gasteiger charge is 2.07. The molecule has 2 rings (SSSR count). The number of ether oxygens (including phenoxy) is 1. The first-order valence-corrected chi connectivity index (χ1v) is 6.48. The van der Waals surface area contributed by atoms with Crippen molar-refractivity contribution in [2.45, 2.75) is 6.92 Å². The van der Waals surface area contributed by atoms with Gasteiger partial charge >= 0.3 is 0 Å². The monoisotopic (exact) mass is 283 g/mol. The number of phenolic OH excluding ortho intramolecular Hbond substituents is 1. The normalized spacial score (nSPS) is 11.8. The summed E-state index contributed by atoms with van der Waals surface area (Å²) in [5.41, 5.74) is 2.69. The van der Waals surface area contributed by atoms with Gasteiger partial charge in [0.15, 0.2) is 0 Å². The van der Waals surface area contributed by atoms with Gasteiger partial charge in [-0.2, -0.15) is 0 Å². The third-order valence-electron chi connectivity index (χ3n) is 3.09. The van der Waals surface area contributed by atoms with E-state index < -0.39 is 0 Å². The van der Waals surface area contributed by atoms with Crippen LogP contribution in [0, 0.1) is 6.92 Å². The fourth-order valence-electron chi connectivity index (χ4n) is 1.92. The highest BCUT2D eigenvalue weighted by Crippen LogP contribution is 2.20. The molecule has 0 aliphatic heterocycles. The van der Waals surface area contributed by atoms with Crippen LogP contribution in [0.3, 0.4) is 0 Å². The number of hydrogen-bond acceptors (Lipinski definition) is 4. The number of rotatable bonds is 4. The molecule has 2 aromatic rings. The SMILES string of the molecule is COc1ccc(/C=C/C(=N/O)c2cc(C)ccc2O)cc1. The van der Waals surface area contributed by atoms with E-state index >= 15 is 0 Å². The standard InChI is InChI=1S/C17H17NO3/c1-12-3-10-17(19)15(11-12)16(18-20)9-6-13-4-7-14(21-2)8-5-13/h3-11,19-20H,1-2H3/b9-6+,18-16-. The van der Waals surface area contributed by atoms with Crippen LogP contribution in [-0.4, -0.2) is 23.1 Å². The number of oxime groups is 1. The number of allylic oxidation sites excluding steroid dienone is 1. The smallest absolute Gasteiger partial charge is 0.125 e. The van der Waals surface area contributed by atoms with Gasteiger partial charge in [-0.05, 0) is 42.8 Å². The third kappa shape index (κ3) is 3.63. The predicted octanol–water partition coefficient (Wildman–Crippen LogP) is 3.60. The van der Waals surface area contributed by atoms with E-state index in [1.165, 1.54) is 0 Å². The van der Waals surface area contributed by atoms with E-state index in [1.54, 1.807) is 37.5 Å². The van der Waals surface area contributed by atoms with E-state index in [0.717, 1.165) is 16.9 Å². The Hall–Kier alpha value is -2.75. The number of nitrogens with zero attached hydrogens (tertiary/aromatic N) is 1. The minimum Gasteiger partial charge on any atom is -0.507 e. The first-order chi connectivity index (χ1) is 10.1. The van der Waals surface area contributed by atoms with Gasteiger partial charge in [-0.25, -0.2) is 0 Å². The molecule has 0 spiro atoms. The van der Waals surface area contributed by atoms with Crippen molar-refractivity contribution in [1.29, 1.82) is 0 Å². The van der Waals surface area contributed by atoms with Gasteiger partial charge in [0.25, 0.3) is 0 Å². The number of aryl methyl sites for hydroxylation is 1. The Morgan fingerprint density at radius 1 is 1.14 bits per heavy atom. The molecule has 0 heterocycles. The molecular formula is C17H17NO3. The zero-order valence-electron chi connectivity index (χ0n) is 11.9. The molecule has 0 aromatic heterocycles. The van der Waals surface area contributed by atoms with Crippen LogP contribution >= 0.6 is 0 Å². The maximum absolute atomic E-state index is 9.86. The maximum atomic E-state index is 9.86. The number of phenols is 1. The Morgan fingerprint density at radius 2 is 1.86 bits per heavy atom. The summed E-state index contributed by atoms with van der Waals surface area (Å²) in [5.74, 6) is 0.854. The molecule has 0 unspecified atom stereocenters. The average Bonchev–Trinajstić information content (AvgIpc) is 2.51. The number of aromatic hydroxyl groups is 1. The molecule has 2 N–H and O–H groups in total. The van der Waals surface area contributed by atoms with Crippen molar-refractivity contribution in [1.82, 2.24) is 0 Å². The summed E-state index contributed by atoms with van der Waals surface area (Å²) < 4.78 is 5.09. The summed E-state index contributed by atoms with van der Waals surface area (Å²) in [6, 6.07) is 12.6. The molecule has 0 saturated carbocycles. The van der Waals surface area contributed by atoms with E-state index in [4.69, 9.17) is 9.94 Å². The maximum Gasteiger partial charge on any atom is 0.125 e. The lowest BCUT2D eigenvalue weighted by Crippen LogP contribution is -1.98. The molecule has 4 heteroatoms. The third-order valence-corrected chi connectivity index (χ3v) is 3.09. The molecule has 0 aliphatic rings. The first-order valence-electron chi connectivity index (χ1n) is 6.48. The molecule has 0 fully saturated rings. The second-order valence-electron chi connectivity index (χ2n) is 4.61. The molecule has 0 amide bonds. The van der Waals surface area contributed by atoms with Crippen molar-refractivity contribution in [2.75, 3.05) is 7.11 Å². The molecule has 108 valence electrons. The van der Waals surface area contributed by atoms with Crippen LogP contribution < -0.4 is 4.74 Å².